The number of esters is 1. The van der Waals surface area contributed by atoms with Gasteiger partial charge in [-0.3, -0.25) is 4.79 Å². The summed E-state index contributed by atoms with van der Waals surface area (Å²) in [5.74, 6) is 0.707. The number of fused-ring (bicyclic) bond motifs is 1. The molecule has 2 atom stereocenters. The highest BCUT2D eigenvalue weighted by molar-refractivity contribution is 7.21. The van der Waals surface area contributed by atoms with Crippen molar-refractivity contribution in [3.63, 3.8) is 0 Å². The highest BCUT2D eigenvalue weighted by Gasteiger charge is 2.26. The first-order chi connectivity index (χ1) is 13.5. The van der Waals surface area contributed by atoms with Gasteiger partial charge in [0.2, 0.25) is 5.76 Å². The molecule has 1 aromatic carbocycles. The zero-order chi connectivity index (χ0) is 19.7. The van der Waals surface area contributed by atoms with Crippen LogP contribution in [0.1, 0.15) is 30.8 Å². The number of likely N-dealkylation sites (tertiary alicyclic amines) is 1. The van der Waals surface area contributed by atoms with E-state index >= 15 is 0 Å². The van der Waals surface area contributed by atoms with Crippen molar-refractivity contribution < 1.29 is 18.7 Å². The average molecular weight is 398 g/mol. The van der Waals surface area contributed by atoms with Crippen LogP contribution in [-0.2, 0) is 9.53 Å². The van der Waals surface area contributed by atoms with Crippen LogP contribution in [-0.4, -0.2) is 41.5 Å². The second-order valence-corrected chi connectivity index (χ2v) is 8.50. The van der Waals surface area contributed by atoms with Gasteiger partial charge in [0.15, 0.2) is 17.4 Å². The topological polar surface area (TPSA) is 72.6 Å². The third-order valence-corrected chi connectivity index (χ3v) is 5.91. The quantitative estimate of drug-likeness (QED) is 0.616. The number of aromatic nitrogens is 1. The van der Waals surface area contributed by atoms with Gasteiger partial charge in [0.25, 0.3) is 5.91 Å². The van der Waals surface area contributed by atoms with Crippen LogP contribution in [0.15, 0.2) is 40.8 Å². The lowest BCUT2D eigenvalue weighted by Gasteiger charge is -2.34. The number of nitrogens with zero attached hydrogens (tertiary/aromatic N) is 2. The van der Waals surface area contributed by atoms with E-state index in [1.54, 1.807) is 17.0 Å². The molecule has 28 heavy (non-hydrogen) atoms. The summed E-state index contributed by atoms with van der Waals surface area (Å²) in [7, 11) is 0. The Morgan fingerprint density at radius 2 is 1.93 bits per heavy atom. The van der Waals surface area contributed by atoms with E-state index in [1.165, 1.54) is 11.3 Å². The van der Waals surface area contributed by atoms with Gasteiger partial charge in [-0.2, -0.15) is 0 Å². The second kappa shape index (κ2) is 7.75. The van der Waals surface area contributed by atoms with Gasteiger partial charge in [-0.05, 0) is 42.5 Å². The van der Waals surface area contributed by atoms with Gasteiger partial charge in [0.1, 0.15) is 0 Å². The van der Waals surface area contributed by atoms with Gasteiger partial charge >= 0.3 is 5.97 Å². The Bertz CT molecular complexity index is 966. The highest BCUT2D eigenvalue weighted by atomic mass is 32.1. The molecule has 146 valence electrons. The van der Waals surface area contributed by atoms with E-state index in [4.69, 9.17) is 9.15 Å². The number of ether oxygens (including phenoxy) is 1. The van der Waals surface area contributed by atoms with Crippen molar-refractivity contribution in [2.75, 3.05) is 19.7 Å². The Hall–Kier alpha value is -2.67. The van der Waals surface area contributed by atoms with E-state index in [2.05, 4.69) is 18.8 Å². The maximum Gasteiger partial charge on any atom is 0.374 e. The van der Waals surface area contributed by atoms with Gasteiger partial charge < -0.3 is 14.1 Å². The van der Waals surface area contributed by atoms with E-state index < -0.39 is 5.97 Å². The second-order valence-electron chi connectivity index (χ2n) is 7.47. The molecule has 4 rings (SSSR count). The summed E-state index contributed by atoms with van der Waals surface area (Å²) in [5.41, 5.74) is 0.888. The molecule has 3 heterocycles. The summed E-state index contributed by atoms with van der Waals surface area (Å²) in [4.78, 5) is 30.9. The number of piperidine rings is 1. The van der Waals surface area contributed by atoms with E-state index in [-0.39, 0.29) is 18.3 Å². The zero-order valence-electron chi connectivity index (χ0n) is 15.9. The van der Waals surface area contributed by atoms with Gasteiger partial charge in [-0.1, -0.05) is 26.0 Å². The Labute approximate surface area is 167 Å². The van der Waals surface area contributed by atoms with Crippen molar-refractivity contribution in [2.45, 2.75) is 20.3 Å². The molecule has 0 aliphatic carbocycles. The number of carbonyl (C=O) groups excluding carboxylic acids is 2. The summed E-state index contributed by atoms with van der Waals surface area (Å²) in [6, 6.07) is 11.1. The molecule has 0 saturated carbocycles. The van der Waals surface area contributed by atoms with E-state index in [9.17, 15) is 9.59 Å². The molecule has 1 fully saturated rings. The van der Waals surface area contributed by atoms with E-state index in [1.807, 2.05) is 24.3 Å². The SMILES string of the molecule is C[C@@H]1C[C@@H](C)CN(C(=O)COC(=O)c2ccc(-c3nc4ccccc4s3)o2)C1. The predicted octanol–water partition coefficient (Wildman–Crippen LogP) is 4.22. The fourth-order valence-corrected chi connectivity index (χ4v) is 4.62. The summed E-state index contributed by atoms with van der Waals surface area (Å²) < 4.78 is 11.9. The van der Waals surface area contributed by atoms with E-state index in [0.29, 0.717) is 35.7 Å². The molecule has 1 saturated heterocycles. The van der Waals surface area contributed by atoms with Crippen molar-refractivity contribution >= 4 is 33.4 Å². The smallest absolute Gasteiger partial charge is 0.374 e. The number of benzene rings is 1. The molecular weight excluding hydrogens is 376 g/mol. The number of furan rings is 1. The highest BCUT2D eigenvalue weighted by Crippen LogP contribution is 2.31. The first kappa shape index (κ1) is 18.7. The summed E-state index contributed by atoms with van der Waals surface area (Å²) in [6.07, 6.45) is 1.12. The molecule has 0 spiro atoms. The van der Waals surface area contributed by atoms with Crippen molar-refractivity contribution in [3.05, 3.63) is 42.2 Å². The maximum absolute atomic E-state index is 12.4. The van der Waals surface area contributed by atoms with Crippen LogP contribution in [0.2, 0.25) is 0 Å². The van der Waals surface area contributed by atoms with Crippen molar-refractivity contribution in [1.82, 2.24) is 9.88 Å². The lowest BCUT2D eigenvalue weighted by molar-refractivity contribution is -0.137. The normalized spacial score (nSPS) is 19.7. The first-order valence-corrected chi connectivity index (χ1v) is 10.2. The average Bonchev–Trinajstić information content (AvgIpc) is 3.31. The maximum atomic E-state index is 12.4. The molecule has 0 unspecified atom stereocenters. The Morgan fingerprint density at radius 1 is 1.18 bits per heavy atom. The summed E-state index contributed by atoms with van der Waals surface area (Å²) >= 11 is 1.50. The lowest BCUT2D eigenvalue weighted by atomic mass is 9.92. The van der Waals surface area contributed by atoms with Crippen molar-refractivity contribution in [2.24, 2.45) is 11.8 Å². The fourth-order valence-electron chi connectivity index (χ4n) is 3.70. The minimum Gasteiger partial charge on any atom is -0.450 e. The van der Waals surface area contributed by atoms with Crippen LogP contribution in [0, 0.1) is 11.8 Å². The van der Waals surface area contributed by atoms with Crippen LogP contribution in [0.25, 0.3) is 21.0 Å². The van der Waals surface area contributed by atoms with Crippen LogP contribution in [0.5, 0.6) is 0 Å². The minimum absolute atomic E-state index is 0.0717. The standard InChI is InChI=1S/C21H22N2O4S/c1-13-9-14(2)11-23(10-13)19(24)12-26-21(25)17-8-7-16(27-17)20-22-15-5-3-4-6-18(15)28-20/h3-8,13-14H,9-12H2,1-2H3/t13-,14-/m1/s1. The summed E-state index contributed by atoms with van der Waals surface area (Å²) in [6.45, 7) is 5.42. The molecule has 0 radical (unpaired) electrons. The van der Waals surface area contributed by atoms with Crippen LogP contribution < -0.4 is 0 Å². The number of para-hydroxylation sites is 1. The molecule has 0 N–H and O–H groups in total. The largest absolute Gasteiger partial charge is 0.450 e. The molecule has 6 nitrogen and oxygen atoms in total. The van der Waals surface area contributed by atoms with Crippen LogP contribution >= 0.6 is 11.3 Å². The monoisotopic (exact) mass is 398 g/mol. The molecule has 1 aliphatic rings. The molecular formula is C21H22N2O4S. The van der Waals surface area contributed by atoms with Gasteiger partial charge in [0, 0.05) is 13.1 Å². The number of amides is 1. The number of thiazole rings is 1. The zero-order valence-corrected chi connectivity index (χ0v) is 16.7. The number of hydrogen-bond donors (Lipinski definition) is 0. The third-order valence-electron chi connectivity index (χ3n) is 4.86. The van der Waals surface area contributed by atoms with Crippen molar-refractivity contribution in [1.29, 1.82) is 0 Å². The van der Waals surface area contributed by atoms with Gasteiger partial charge in [-0.15, -0.1) is 11.3 Å². The number of carbonyl (C=O) groups is 2. The molecule has 2 aromatic heterocycles. The summed E-state index contributed by atoms with van der Waals surface area (Å²) in [5, 5.41) is 0.701. The third kappa shape index (κ3) is 3.94. The molecule has 0 bridgehead atoms. The number of hydrogen-bond acceptors (Lipinski definition) is 6. The lowest BCUT2D eigenvalue weighted by Crippen LogP contribution is -2.44. The molecule has 7 heteroatoms. The van der Waals surface area contributed by atoms with Gasteiger partial charge in [-0.25, -0.2) is 9.78 Å². The molecule has 1 aliphatic heterocycles. The minimum atomic E-state index is -0.640. The molecule has 1 amide bonds. The van der Waals surface area contributed by atoms with Crippen LogP contribution in [0.4, 0.5) is 0 Å². The van der Waals surface area contributed by atoms with Crippen molar-refractivity contribution in [3.8, 4) is 10.8 Å². The Balaban J connectivity index is 1.38. The predicted molar refractivity (Wildman–Crippen MR) is 107 cm³/mol. The first-order valence-electron chi connectivity index (χ1n) is 9.40. The fraction of sp³-hybridized carbons (Fsp3) is 0.381. The van der Waals surface area contributed by atoms with Crippen LogP contribution in [0.3, 0.4) is 0 Å². The van der Waals surface area contributed by atoms with E-state index in [0.717, 1.165) is 16.6 Å². The van der Waals surface area contributed by atoms with Gasteiger partial charge in [0.05, 0.1) is 10.2 Å². The number of rotatable bonds is 4. The molecule has 3 aromatic rings. The Kier molecular flexibility index (Phi) is 5.17. The Morgan fingerprint density at radius 3 is 2.68 bits per heavy atom.